The standard InChI is InChI=1S/C15H24N2O/c1-15(2)13(11-6-4-8-18-14(11)15)17-12-7-3-5-10(12)9-16/h10-14,17H,3-8H2,1-2H3. The average Bonchev–Trinajstić information content (AvgIpc) is 2.83. The van der Waals surface area contributed by atoms with E-state index in [0.717, 1.165) is 13.0 Å². The molecule has 0 spiro atoms. The van der Waals surface area contributed by atoms with Gasteiger partial charge in [-0.1, -0.05) is 20.3 Å². The number of hydrogen-bond acceptors (Lipinski definition) is 3. The van der Waals surface area contributed by atoms with Gasteiger partial charge in [-0.25, -0.2) is 0 Å². The molecule has 3 fully saturated rings. The molecule has 3 heteroatoms. The molecule has 0 aromatic rings. The van der Waals surface area contributed by atoms with Crippen molar-refractivity contribution in [3.63, 3.8) is 0 Å². The van der Waals surface area contributed by atoms with Crippen LogP contribution in [0.1, 0.15) is 46.0 Å². The highest BCUT2D eigenvalue weighted by molar-refractivity contribution is 5.12. The van der Waals surface area contributed by atoms with Gasteiger partial charge in [-0.2, -0.15) is 5.26 Å². The summed E-state index contributed by atoms with van der Waals surface area (Å²) in [5, 5.41) is 13.0. The summed E-state index contributed by atoms with van der Waals surface area (Å²) in [6.45, 7) is 5.56. The van der Waals surface area contributed by atoms with Crippen LogP contribution in [0.3, 0.4) is 0 Å². The Balaban J connectivity index is 1.67. The molecule has 2 aliphatic carbocycles. The SMILES string of the molecule is CC1(C)C(NC2CCCC2C#N)C2CCCOC21. The van der Waals surface area contributed by atoms with Gasteiger partial charge < -0.3 is 10.1 Å². The van der Waals surface area contributed by atoms with Crippen LogP contribution in [-0.4, -0.2) is 24.8 Å². The van der Waals surface area contributed by atoms with Crippen molar-refractivity contribution < 1.29 is 4.74 Å². The van der Waals surface area contributed by atoms with Crippen molar-refractivity contribution in [2.45, 2.75) is 64.1 Å². The van der Waals surface area contributed by atoms with E-state index >= 15 is 0 Å². The zero-order valence-electron chi connectivity index (χ0n) is 11.5. The molecule has 1 saturated heterocycles. The molecule has 1 heterocycles. The lowest BCUT2D eigenvalue weighted by Gasteiger charge is -2.60. The fourth-order valence-corrected chi connectivity index (χ4v) is 4.41. The van der Waals surface area contributed by atoms with Crippen LogP contribution in [0.2, 0.25) is 0 Å². The predicted molar refractivity (Wildman–Crippen MR) is 69.9 cm³/mol. The van der Waals surface area contributed by atoms with Gasteiger partial charge >= 0.3 is 0 Å². The third-order valence-electron chi connectivity index (χ3n) is 5.41. The van der Waals surface area contributed by atoms with Crippen LogP contribution in [0.5, 0.6) is 0 Å². The van der Waals surface area contributed by atoms with Crippen molar-refractivity contribution in [3.05, 3.63) is 0 Å². The molecule has 0 radical (unpaired) electrons. The Morgan fingerprint density at radius 1 is 1.22 bits per heavy atom. The number of nitrogens with zero attached hydrogens (tertiary/aromatic N) is 1. The summed E-state index contributed by atoms with van der Waals surface area (Å²) < 4.78 is 5.94. The second kappa shape index (κ2) is 4.51. The van der Waals surface area contributed by atoms with E-state index in [1.165, 1.54) is 25.7 Å². The van der Waals surface area contributed by atoms with Gasteiger partial charge in [0.05, 0.1) is 18.1 Å². The molecule has 3 nitrogen and oxygen atoms in total. The van der Waals surface area contributed by atoms with Crippen LogP contribution in [0.4, 0.5) is 0 Å². The molecule has 1 N–H and O–H groups in total. The molecular weight excluding hydrogens is 224 g/mol. The summed E-state index contributed by atoms with van der Waals surface area (Å²) in [4.78, 5) is 0. The largest absolute Gasteiger partial charge is 0.377 e. The van der Waals surface area contributed by atoms with Crippen molar-refractivity contribution in [3.8, 4) is 6.07 Å². The minimum absolute atomic E-state index is 0.226. The van der Waals surface area contributed by atoms with E-state index in [0.29, 0.717) is 24.1 Å². The van der Waals surface area contributed by atoms with Gasteiger partial charge in [0.25, 0.3) is 0 Å². The molecule has 0 bridgehead atoms. The molecule has 0 aromatic heterocycles. The van der Waals surface area contributed by atoms with Crippen LogP contribution in [0.25, 0.3) is 0 Å². The van der Waals surface area contributed by atoms with Gasteiger partial charge in [-0.3, -0.25) is 0 Å². The fourth-order valence-electron chi connectivity index (χ4n) is 4.41. The van der Waals surface area contributed by atoms with Gasteiger partial charge in [-0.15, -0.1) is 0 Å². The van der Waals surface area contributed by atoms with Crippen LogP contribution in [-0.2, 0) is 4.74 Å². The minimum atomic E-state index is 0.226. The Kier molecular flexibility index (Phi) is 3.11. The van der Waals surface area contributed by atoms with E-state index in [1.54, 1.807) is 0 Å². The molecule has 1 aliphatic heterocycles. The lowest BCUT2D eigenvalue weighted by atomic mass is 9.55. The number of nitrogens with one attached hydrogen (secondary N) is 1. The Morgan fingerprint density at radius 2 is 2.06 bits per heavy atom. The Morgan fingerprint density at radius 3 is 2.83 bits per heavy atom. The number of fused-ring (bicyclic) bond motifs is 1. The first-order chi connectivity index (χ1) is 8.64. The first kappa shape index (κ1) is 12.4. The Bertz CT molecular complexity index is 360. The molecule has 18 heavy (non-hydrogen) atoms. The molecule has 3 rings (SSSR count). The number of nitriles is 1. The molecule has 0 aromatic carbocycles. The van der Waals surface area contributed by atoms with Gasteiger partial charge in [-0.05, 0) is 25.7 Å². The van der Waals surface area contributed by atoms with Crippen molar-refractivity contribution in [2.75, 3.05) is 6.61 Å². The maximum atomic E-state index is 9.19. The second-order valence-electron chi connectivity index (χ2n) is 6.84. The minimum Gasteiger partial charge on any atom is -0.377 e. The molecule has 2 saturated carbocycles. The van der Waals surface area contributed by atoms with Crippen LogP contribution in [0, 0.1) is 28.6 Å². The van der Waals surface area contributed by atoms with E-state index in [-0.39, 0.29) is 11.3 Å². The van der Waals surface area contributed by atoms with Crippen molar-refractivity contribution in [1.29, 1.82) is 5.26 Å². The smallest absolute Gasteiger partial charge is 0.0684 e. The molecule has 3 aliphatic rings. The third-order valence-corrected chi connectivity index (χ3v) is 5.41. The van der Waals surface area contributed by atoms with E-state index < -0.39 is 0 Å². The lowest BCUT2D eigenvalue weighted by molar-refractivity contribution is -0.194. The monoisotopic (exact) mass is 248 g/mol. The molecule has 5 unspecified atom stereocenters. The van der Waals surface area contributed by atoms with E-state index in [1.807, 2.05) is 0 Å². The number of ether oxygens (including phenoxy) is 1. The van der Waals surface area contributed by atoms with Crippen molar-refractivity contribution in [2.24, 2.45) is 17.3 Å². The average molecular weight is 248 g/mol. The maximum Gasteiger partial charge on any atom is 0.0684 e. The Hall–Kier alpha value is -0.590. The Labute approximate surface area is 110 Å². The van der Waals surface area contributed by atoms with E-state index in [2.05, 4.69) is 25.2 Å². The zero-order valence-corrected chi connectivity index (χ0v) is 11.5. The number of hydrogen-bond donors (Lipinski definition) is 1. The molecular formula is C15H24N2O. The van der Waals surface area contributed by atoms with Gasteiger partial charge in [0.2, 0.25) is 0 Å². The van der Waals surface area contributed by atoms with Crippen molar-refractivity contribution in [1.82, 2.24) is 5.32 Å². The van der Waals surface area contributed by atoms with E-state index in [9.17, 15) is 5.26 Å². The van der Waals surface area contributed by atoms with Gasteiger partial charge in [0.1, 0.15) is 0 Å². The third kappa shape index (κ3) is 1.78. The summed E-state index contributed by atoms with van der Waals surface area (Å²) in [5.41, 5.74) is 0.230. The summed E-state index contributed by atoms with van der Waals surface area (Å²) in [7, 11) is 0. The highest BCUT2D eigenvalue weighted by Gasteiger charge is 2.58. The fraction of sp³-hybridized carbons (Fsp3) is 0.933. The van der Waals surface area contributed by atoms with E-state index in [4.69, 9.17) is 4.74 Å². The highest BCUT2D eigenvalue weighted by Crippen LogP contribution is 2.51. The molecule has 100 valence electrons. The summed E-state index contributed by atoms with van der Waals surface area (Å²) in [6.07, 6.45) is 6.37. The normalized spacial score (nSPS) is 45.9. The predicted octanol–water partition coefficient (Wildman–Crippen LogP) is 2.47. The summed E-state index contributed by atoms with van der Waals surface area (Å²) in [5.74, 6) is 0.901. The van der Waals surface area contributed by atoms with Crippen LogP contribution in [0.15, 0.2) is 0 Å². The van der Waals surface area contributed by atoms with Gasteiger partial charge in [0, 0.05) is 30.0 Å². The first-order valence-electron chi connectivity index (χ1n) is 7.42. The first-order valence-corrected chi connectivity index (χ1v) is 7.42. The zero-order chi connectivity index (χ0) is 12.8. The second-order valence-corrected chi connectivity index (χ2v) is 6.84. The van der Waals surface area contributed by atoms with Crippen LogP contribution >= 0.6 is 0 Å². The highest BCUT2D eigenvalue weighted by atomic mass is 16.5. The van der Waals surface area contributed by atoms with Crippen molar-refractivity contribution >= 4 is 0 Å². The topological polar surface area (TPSA) is 45.0 Å². The molecule has 0 amide bonds. The molecule has 5 atom stereocenters. The summed E-state index contributed by atoms with van der Waals surface area (Å²) >= 11 is 0. The van der Waals surface area contributed by atoms with Gasteiger partial charge in [0.15, 0.2) is 0 Å². The number of rotatable bonds is 2. The summed E-state index contributed by atoms with van der Waals surface area (Å²) in [6, 6.07) is 3.44. The quantitative estimate of drug-likeness (QED) is 0.816. The lowest BCUT2D eigenvalue weighted by Crippen LogP contribution is -2.70. The van der Waals surface area contributed by atoms with Crippen LogP contribution < -0.4 is 5.32 Å². The maximum absolute atomic E-state index is 9.19.